The molecule has 0 radical (unpaired) electrons. The van der Waals surface area contributed by atoms with Crippen LogP contribution < -0.4 is 5.32 Å². The molecule has 4 heterocycles. The lowest BCUT2D eigenvalue weighted by atomic mass is 9.84. The Morgan fingerprint density at radius 3 is 1.77 bits per heavy atom. The summed E-state index contributed by atoms with van der Waals surface area (Å²) in [7, 11) is 0. The van der Waals surface area contributed by atoms with Crippen molar-refractivity contribution in [3.05, 3.63) is 0 Å². The molecule has 2 amide bonds. The fourth-order valence-corrected chi connectivity index (χ4v) is 6.37. The zero-order valence-electron chi connectivity index (χ0n) is 27.2. The number of piperidine rings is 2. The van der Waals surface area contributed by atoms with E-state index in [1.807, 2.05) is 18.7 Å². The van der Waals surface area contributed by atoms with Gasteiger partial charge in [0.05, 0.1) is 6.54 Å². The monoisotopic (exact) mass is 564 g/mol. The number of rotatable bonds is 7. The van der Waals surface area contributed by atoms with Crippen LogP contribution in [-0.2, 0) is 9.59 Å². The van der Waals surface area contributed by atoms with Crippen molar-refractivity contribution in [2.24, 2.45) is 23.7 Å². The minimum absolute atomic E-state index is 0.323. The highest BCUT2D eigenvalue weighted by Crippen LogP contribution is 2.31. The third-order valence-corrected chi connectivity index (χ3v) is 10.1. The second kappa shape index (κ2) is 19.9. The van der Waals surface area contributed by atoms with Crippen LogP contribution in [0.1, 0.15) is 99.3 Å². The first-order chi connectivity index (χ1) is 19.4. The summed E-state index contributed by atoms with van der Waals surface area (Å²) in [5.41, 5.74) is 0. The van der Waals surface area contributed by atoms with Gasteiger partial charge in [-0.05, 0) is 94.8 Å². The first-order valence-corrected chi connectivity index (χ1v) is 17.1. The fourth-order valence-electron chi connectivity index (χ4n) is 6.37. The van der Waals surface area contributed by atoms with E-state index in [4.69, 9.17) is 0 Å². The molecule has 1 atom stereocenters. The third kappa shape index (κ3) is 12.0. The van der Waals surface area contributed by atoms with Gasteiger partial charge in [-0.25, -0.2) is 0 Å². The topological polar surface area (TPSA) is 59.1 Å². The average molecular weight is 564 g/mol. The Bertz CT molecular complexity index is 660. The predicted octanol–water partition coefficient (Wildman–Crippen LogP) is 4.96. The zero-order chi connectivity index (χ0) is 29.3. The molecular weight excluding hydrogens is 498 g/mol. The molecule has 5 rings (SSSR count). The number of nitrogens with zero attached hydrogens (tertiary/aromatic N) is 4. The lowest BCUT2D eigenvalue weighted by molar-refractivity contribution is -0.133. The Balaban J connectivity index is 0.000000229. The van der Waals surface area contributed by atoms with Crippen LogP contribution in [0.15, 0.2) is 0 Å². The zero-order valence-corrected chi connectivity index (χ0v) is 27.2. The van der Waals surface area contributed by atoms with E-state index in [0.29, 0.717) is 12.5 Å². The quantitative estimate of drug-likeness (QED) is 0.444. The van der Waals surface area contributed by atoms with Gasteiger partial charge in [0.25, 0.3) is 0 Å². The summed E-state index contributed by atoms with van der Waals surface area (Å²) in [5.74, 6) is 3.95. The number of nitrogens with one attached hydrogen (secondary N) is 1. The van der Waals surface area contributed by atoms with E-state index in [0.717, 1.165) is 88.5 Å². The Kier molecular flexibility index (Phi) is 17.4. The van der Waals surface area contributed by atoms with Gasteiger partial charge in [0.1, 0.15) is 0 Å². The standard InChI is InChI=1S/C15H29N3O.C12H23N.C4H7NO.C2H6/c1-3-13(2)14-4-8-17(9-5-14)12-15(19)18-10-6-16-7-11-18;1-10(2)11-6-8-13(9-7-11)12-4-3-5-12;6-4-5-2-1-3-5;1-2/h13-14,16H,3-12H2,1-2H3;10-12H,3-9H2,1-2H3;4H,1-3H2;1-2H3. The minimum Gasteiger partial charge on any atom is -0.345 e. The summed E-state index contributed by atoms with van der Waals surface area (Å²) in [5, 5.41) is 3.29. The van der Waals surface area contributed by atoms with Crippen LogP contribution in [0.25, 0.3) is 0 Å². The summed E-state index contributed by atoms with van der Waals surface area (Å²) in [6, 6.07) is 0.980. The summed E-state index contributed by atoms with van der Waals surface area (Å²) in [4.78, 5) is 30.8. The van der Waals surface area contributed by atoms with E-state index < -0.39 is 0 Å². The SMILES string of the molecule is CC.CC(C)C1CCN(C2CCC2)CC1.CCC(C)C1CCN(CC(=O)N2CCNCC2)CC1.O=CN1CCC1. The first kappa shape index (κ1) is 35.0. The van der Waals surface area contributed by atoms with Crippen LogP contribution in [0.2, 0.25) is 0 Å². The molecule has 5 aliphatic rings. The normalized spacial score (nSPS) is 23.8. The van der Waals surface area contributed by atoms with Crippen molar-refractivity contribution in [2.45, 2.75) is 105 Å². The fraction of sp³-hybridized carbons (Fsp3) is 0.939. The molecule has 7 heteroatoms. The van der Waals surface area contributed by atoms with Gasteiger partial charge in [0.15, 0.2) is 0 Å². The molecule has 7 nitrogen and oxygen atoms in total. The highest BCUT2D eigenvalue weighted by atomic mass is 16.2. The van der Waals surface area contributed by atoms with Gasteiger partial charge in [0, 0.05) is 45.3 Å². The Morgan fingerprint density at radius 2 is 1.38 bits per heavy atom. The number of hydrogen-bond acceptors (Lipinski definition) is 5. The molecule has 0 bridgehead atoms. The lowest BCUT2D eigenvalue weighted by Gasteiger charge is -2.42. The van der Waals surface area contributed by atoms with Crippen LogP contribution in [0, 0.1) is 23.7 Å². The molecule has 0 spiro atoms. The van der Waals surface area contributed by atoms with Crippen molar-refractivity contribution in [2.75, 3.05) is 72.0 Å². The van der Waals surface area contributed by atoms with Crippen molar-refractivity contribution in [3.63, 3.8) is 0 Å². The van der Waals surface area contributed by atoms with E-state index >= 15 is 0 Å². The Hall–Kier alpha value is -1.18. The maximum atomic E-state index is 12.2. The predicted molar refractivity (Wildman–Crippen MR) is 168 cm³/mol. The van der Waals surface area contributed by atoms with E-state index in [2.05, 4.69) is 42.8 Å². The van der Waals surface area contributed by atoms with Crippen molar-refractivity contribution >= 4 is 12.3 Å². The molecule has 0 aromatic rings. The molecule has 234 valence electrons. The number of piperazine rings is 1. The van der Waals surface area contributed by atoms with Gasteiger partial charge in [0.2, 0.25) is 12.3 Å². The smallest absolute Gasteiger partial charge is 0.236 e. The molecule has 1 saturated carbocycles. The van der Waals surface area contributed by atoms with Crippen molar-refractivity contribution < 1.29 is 9.59 Å². The Morgan fingerprint density at radius 1 is 0.800 bits per heavy atom. The van der Waals surface area contributed by atoms with Crippen molar-refractivity contribution in [1.29, 1.82) is 0 Å². The number of amides is 2. The van der Waals surface area contributed by atoms with Crippen LogP contribution in [0.3, 0.4) is 0 Å². The maximum Gasteiger partial charge on any atom is 0.236 e. The van der Waals surface area contributed by atoms with Gasteiger partial charge in [-0.15, -0.1) is 0 Å². The maximum absolute atomic E-state index is 12.2. The molecule has 4 aliphatic heterocycles. The molecule has 1 aliphatic carbocycles. The minimum atomic E-state index is 0.323. The van der Waals surface area contributed by atoms with Gasteiger partial charge < -0.3 is 20.0 Å². The second-order valence-electron chi connectivity index (χ2n) is 12.8. The van der Waals surface area contributed by atoms with E-state index in [1.54, 1.807) is 4.90 Å². The molecule has 40 heavy (non-hydrogen) atoms. The van der Waals surface area contributed by atoms with Gasteiger partial charge in [-0.2, -0.15) is 0 Å². The molecule has 1 N–H and O–H groups in total. The molecule has 5 fully saturated rings. The third-order valence-electron chi connectivity index (χ3n) is 10.1. The molecule has 0 aromatic carbocycles. The lowest BCUT2D eigenvalue weighted by Crippen LogP contribution is -2.50. The number of hydrogen-bond donors (Lipinski definition) is 1. The van der Waals surface area contributed by atoms with Crippen molar-refractivity contribution in [3.8, 4) is 0 Å². The highest BCUT2D eigenvalue weighted by Gasteiger charge is 2.29. The van der Waals surface area contributed by atoms with Gasteiger partial charge in [-0.1, -0.05) is 54.4 Å². The second-order valence-corrected chi connectivity index (χ2v) is 12.8. The van der Waals surface area contributed by atoms with Crippen LogP contribution >= 0.6 is 0 Å². The van der Waals surface area contributed by atoms with Gasteiger partial charge >= 0.3 is 0 Å². The van der Waals surface area contributed by atoms with E-state index in [9.17, 15) is 9.59 Å². The van der Waals surface area contributed by atoms with Crippen molar-refractivity contribution in [1.82, 2.24) is 24.9 Å². The summed E-state index contributed by atoms with van der Waals surface area (Å²) < 4.78 is 0. The summed E-state index contributed by atoms with van der Waals surface area (Å²) in [6.07, 6.45) is 13.2. The summed E-state index contributed by atoms with van der Waals surface area (Å²) in [6.45, 7) is 24.6. The summed E-state index contributed by atoms with van der Waals surface area (Å²) >= 11 is 0. The van der Waals surface area contributed by atoms with E-state index in [1.165, 1.54) is 70.9 Å². The molecule has 1 unspecified atom stereocenters. The molecular formula is C33H65N5O2. The Labute approximate surface area is 247 Å². The van der Waals surface area contributed by atoms with Crippen LogP contribution in [0.5, 0.6) is 0 Å². The largest absolute Gasteiger partial charge is 0.345 e. The van der Waals surface area contributed by atoms with Gasteiger partial charge in [-0.3, -0.25) is 14.5 Å². The van der Waals surface area contributed by atoms with Crippen LogP contribution in [-0.4, -0.2) is 110 Å². The van der Waals surface area contributed by atoms with Crippen LogP contribution in [0.4, 0.5) is 0 Å². The first-order valence-electron chi connectivity index (χ1n) is 17.1. The van der Waals surface area contributed by atoms with E-state index in [-0.39, 0.29) is 0 Å². The number of carbonyl (C=O) groups is 2. The number of carbonyl (C=O) groups excluding carboxylic acids is 2. The number of likely N-dealkylation sites (tertiary alicyclic amines) is 3. The average Bonchev–Trinajstić information content (AvgIpc) is 2.94. The molecule has 4 saturated heterocycles. The molecule has 0 aromatic heterocycles. The highest BCUT2D eigenvalue weighted by molar-refractivity contribution is 5.78.